The quantitative estimate of drug-likeness (QED) is 0.823. The monoisotopic (exact) mass is 264 g/mol. The standard InChI is InChI=1S/C12H16N4O3/c17-11(3-4-12(18)19)16-8-6-15(7-9-16)10-2-1-5-13-14-10/h1-2,5H,3-4,6-9H2,(H,18,19). The van der Waals surface area contributed by atoms with Crippen molar-refractivity contribution >= 4 is 17.7 Å². The Morgan fingerprint density at radius 3 is 2.53 bits per heavy atom. The van der Waals surface area contributed by atoms with Crippen LogP contribution in [0.5, 0.6) is 0 Å². The highest BCUT2D eigenvalue weighted by atomic mass is 16.4. The SMILES string of the molecule is O=C(O)CCC(=O)N1CCN(c2cccnn2)CC1. The summed E-state index contributed by atoms with van der Waals surface area (Å²) in [5.41, 5.74) is 0. The number of carboxylic acids is 1. The number of aliphatic carboxylic acids is 1. The van der Waals surface area contributed by atoms with Crippen LogP contribution in [0.1, 0.15) is 12.8 Å². The van der Waals surface area contributed by atoms with E-state index in [4.69, 9.17) is 5.11 Å². The van der Waals surface area contributed by atoms with Gasteiger partial charge in [-0.25, -0.2) is 0 Å². The molecule has 0 unspecified atom stereocenters. The Hall–Kier alpha value is -2.18. The van der Waals surface area contributed by atoms with E-state index in [2.05, 4.69) is 15.1 Å². The number of hydrogen-bond acceptors (Lipinski definition) is 5. The molecule has 1 fully saturated rings. The first-order valence-corrected chi connectivity index (χ1v) is 6.19. The lowest BCUT2D eigenvalue weighted by Gasteiger charge is -2.35. The van der Waals surface area contributed by atoms with Crippen molar-refractivity contribution < 1.29 is 14.7 Å². The van der Waals surface area contributed by atoms with E-state index in [-0.39, 0.29) is 18.7 Å². The van der Waals surface area contributed by atoms with Gasteiger partial charge in [0.05, 0.1) is 6.42 Å². The van der Waals surface area contributed by atoms with Gasteiger partial charge in [0.15, 0.2) is 5.82 Å². The number of nitrogens with zero attached hydrogens (tertiary/aromatic N) is 4. The number of anilines is 1. The molecule has 19 heavy (non-hydrogen) atoms. The molecule has 2 heterocycles. The summed E-state index contributed by atoms with van der Waals surface area (Å²) >= 11 is 0. The van der Waals surface area contributed by atoms with Crippen LogP contribution in [-0.4, -0.2) is 58.3 Å². The van der Waals surface area contributed by atoms with Gasteiger partial charge in [-0.15, -0.1) is 5.10 Å². The van der Waals surface area contributed by atoms with Crippen LogP contribution in [0.15, 0.2) is 18.3 Å². The molecule has 0 saturated carbocycles. The second-order valence-corrected chi connectivity index (χ2v) is 4.34. The molecule has 1 N–H and O–H groups in total. The maximum absolute atomic E-state index is 11.8. The van der Waals surface area contributed by atoms with Crippen molar-refractivity contribution in [2.45, 2.75) is 12.8 Å². The molecule has 0 aliphatic carbocycles. The van der Waals surface area contributed by atoms with E-state index in [1.807, 2.05) is 12.1 Å². The van der Waals surface area contributed by atoms with Gasteiger partial charge < -0.3 is 14.9 Å². The number of amides is 1. The maximum atomic E-state index is 11.8. The normalized spacial score (nSPS) is 15.4. The van der Waals surface area contributed by atoms with Gasteiger partial charge in [0, 0.05) is 38.8 Å². The number of carbonyl (C=O) groups excluding carboxylic acids is 1. The second-order valence-electron chi connectivity index (χ2n) is 4.34. The fourth-order valence-electron chi connectivity index (χ4n) is 2.02. The van der Waals surface area contributed by atoms with Crippen molar-refractivity contribution in [1.82, 2.24) is 15.1 Å². The van der Waals surface area contributed by atoms with Gasteiger partial charge in [0.2, 0.25) is 5.91 Å². The van der Waals surface area contributed by atoms with Crippen LogP contribution in [0.25, 0.3) is 0 Å². The van der Waals surface area contributed by atoms with Crippen LogP contribution in [0, 0.1) is 0 Å². The zero-order valence-corrected chi connectivity index (χ0v) is 10.5. The van der Waals surface area contributed by atoms with E-state index >= 15 is 0 Å². The second kappa shape index (κ2) is 6.12. The van der Waals surface area contributed by atoms with E-state index < -0.39 is 5.97 Å². The number of aromatic nitrogens is 2. The van der Waals surface area contributed by atoms with Gasteiger partial charge in [-0.05, 0) is 12.1 Å². The average molecular weight is 264 g/mol. The van der Waals surface area contributed by atoms with Crippen LogP contribution in [0.2, 0.25) is 0 Å². The van der Waals surface area contributed by atoms with E-state index in [0.717, 1.165) is 5.82 Å². The van der Waals surface area contributed by atoms with Gasteiger partial charge in [-0.3, -0.25) is 9.59 Å². The van der Waals surface area contributed by atoms with E-state index in [1.165, 1.54) is 0 Å². The van der Waals surface area contributed by atoms with Gasteiger partial charge >= 0.3 is 5.97 Å². The fraction of sp³-hybridized carbons (Fsp3) is 0.500. The lowest BCUT2D eigenvalue weighted by atomic mass is 10.2. The van der Waals surface area contributed by atoms with Gasteiger partial charge in [-0.1, -0.05) is 0 Å². The predicted molar refractivity (Wildman–Crippen MR) is 67.7 cm³/mol. The van der Waals surface area contributed by atoms with Crippen LogP contribution in [0.3, 0.4) is 0 Å². The molecular formula is C12H16N4O3. The molecule has 1 amide bonds. The molecule has 102 valence electrons. The van der Waals surface area contributed by atoms with E-state index in [0.29, 0.717) is 26.2 Å². The minimum Gasteiger partial charge on any atom is -0.481 e. The third kappa shape index (κ3) is 3.64. The molecule has 0 bridgehead atoms. The summed E-state index contributed by atoms with van der Waals surface area (Å²) in [6.07, 6.45) is 1.58. The van der Waals surface area contributed by atoms with Crippen LogP contribution >= 0.6 is 0 Å². The highest BCUT2D eigenvalue weighted by molar-refractivity contribution is 5.80. The minimum absolute atomic E-state index is 0.0699. The Kier molecular flexibility index (Phi) is 4.27. The molecule has 0 aromatic carbocycles. The highest BCUT2D eigenvalue weighted by Gasteiger charge is 2.22. The molecule has 0 atom stereocenters. The van der Waals surface area contributed by atoms with Crippen LogP contribution in [-0.2, 0) is 9.59 Å². The number of hydrogen-bond donors (Lipinski definition) is 1. The van der Waals surface area contributed by atoms with Gasteiger partial charge in [0.1, 0.15) is 0 Å². The lowest BCUT2D eigenvalue weighted by Crippen LogP contribution is -2.49. The smallest absolute Gasteiger partial charge is 0.303 e. The molecule has 1 aliphatic rings. The first-order valence-electron chi connectivity index (χ1n) is 6.19. The number of carbonyl (C=O) groups is 2. The molecule has 0 spiro atoms. The summed E-state index contributed by atoms with van der Waals surface area (Å²) < 4.78 is 0. The van der Waals surface area contributed by atoms with Crippen molar-refractivity contribution in [3.63, 3.8) is 0 Å². The van der Waals surface area contributed by atoms with Crippen LogP contribution < -0.4 is 4.90 Å². The molecule has 0 radical (unpaired) electrons. The Morgan fingerprint density at radius 2 is 1.95 bits per heavy atom. The van der Waals surface area contributed by atoms with Crippen molar-refractivity contribution in [2.24, 2.45) is 0 Å². The highest BCUT2D eigenvalue weighted by Crippen LogP contribution is 2.12. The Balaban J connectivity index is 1.82. The number of carboxylic acid groups (broad SMARTS) is 1. The summed E-state index contributed by atoms with van der Waals surface area (Å²) in [4.78, 5) is 26.0. The predicted octanol–water partition coefficient (Wildman–Crippen LogP) is -0.0100. The zero-order chi connectivity index (χ0) is 13.7. The molecule has 7 heteroatoms. The third-order valence-corrected chi connectivity index (χ3v) is 3.07. The summed E-state index contributed by atoms with van der Waals surface area (Å²) in [5, 5.41) is 16.4. The molecule has 1 aromatic rings. The number of piperazine rings is 1. The summed E-state index contributed by atoms with van der Waals surface area (Å²) in [6.45, 7) is 2.57. The van der Waals surface area contributed by atoms with E-state index in [9.17, 15) is 9.59 Å². The minimum atomic E-state index is -0.938. The fourth-order valence-corrected chi connectivity index (χ4v) is 2.02. The van der Waals surface area contributed by atoms with Crippen molar-refractivity contribution in [3.8, 4) is 0 Å². The average Bonchev–Trinajstić information content (AvgIpc) is 2.46. The third-order valence-electron chi connectivity index (χ3n) is 3.07. The molecule has 1 aliphatic heterocycles. The first-order chi connectivity index (χ1) is 9.16. The topological polar surface area (TPSA) is 86.6 Å². The van der Waals surface area contributed by atoms with Gasteiger partial charge in [-0.2, -0.15) is 5.10 Å². The summed E-state index contributed by atoms with van der Waals surface area (Å²) in [5.74, 6) is -0.229. The van der Waals surface area contributed by atoms with Crippen molar-refractivity contribution in [1.29, 1.82) is 0 Å². The summed E-state index contributed by atoms with van der Waals surface area (Å²) in [6, 6.07) is 3.71. The Bertz CT molecular complexity index is 444. The van der Waals surface area contributed by atoms with E-state index in [1.54, 1.807) is 11.1 Å². The molecule has 2 rings (SSSR count). The van der Waals surface area contributed by atoms with Crippen molar-refractivity contribution in [2.75, 3.05) is 31.1 Å². The van der Waals surface area contributed by atoms with Gasteiger partial charge in [0.25, 0.3) is 0 Å². The lowest BCUT2D eigenvalue weighted by molar-refractivity contribution is -0.141. The molecule has 1 saturated heterocycles. The molecule has 7 nitrogen and oxygen atoms in total. The number of rotatable bonds is 4. The Morgan fingerprint density at radius 1 is 1.21 bits per heavy atom. The molecule has 1 aromatic heterocycles. The Labute approximate surface area is 110 Å². The van der Waals surface area contributed by atoms with Crippen molar-refractivity contribution in [3.05, 3.63) is 18.3 Å². The zero-order valence-electron chi connectivity index (χ0n) is 10.5. The molecular weight excluding hydrogens is 248 g/mol. The largest absolute Gasteiger partial charge is 0.481 e. The van der Waals surface area contributed by atoms with Crippen LogP contribution in [0.4, 0.5) is 5.82 Å². The first kappa shape index (κ1) is 13.3. The summed E-state index contributed by atoms with van der Waals surface area (Å²) in [7, 11) is 0. The maximum Gasteiger partial charge on any atom is 0.303 e.